The van der Waals surface area contributed by atoms with Gasteiger partial charge in [0.15, 0.2) is 34.3 Å². The van der Waals surface area contributed by atoms with E-state index in [1.807, 2.05) is 0 Å². The van der Waals surface area contributed by atoms with Crippen LogP contribution in [0.3, 0.4) is 0 Å². The number of carbonyl (C=O) groups is 1. The average Bonchev–Trinajstić information content (AvgIpc) is 3.15. The summed E-state index contributed by atoms with van der Waals surface area (Å²) in [5.74, 6) is 1.01. The van der Waals surface area contributed by atoms with E-state index in [0.29, 0.717) is 28.2 Å². The first-order valence-electron chi connectivity index (χ1n) is 7.85. The molecule has 8 nitrogen and oxygen atoms in total. The summed E-state index contributed by atoms with van der Waals surface area (Å²) in [6.07, 6.45) is 1.28. The minimum atomic E-state index is -0.338. The Morgan fingerprint density at radius 3 is 2.07 bits per heavy atom. The Kier molecular flexibility index (Phi) is 4.98. The van der Waals surface area contributed by atoms with Gasteiger partial charge in [-0.25, -0.2) is 0 Å². The monoisotopic (exact) mass is 371 g/mol. The lowest BCUT2D eigenvalue weighted by Gasteiger charge is -2.13. The fourth-order valence-electron chi connectivity index (χ4n) is 2.86. The largest absolute Gasteiger partial charge is 0.494 e. The van der Waals surface area contributed by atoms with Gasteiger partial charge in [-0.1, -0.05) is 0 Å². The Morgan fingerprint density at radius 2 is 1.56 bits per heavy atom. The smallest absolute Gasteiger partial charge is 0.203 e. The molecule has 0 aliphatic heterocycles. The van der Waals surface area contributed by atoms with Crippen molar-refractivity contribution in [2.24, 2.45) is 5.18 Å². The molecule has 0 amide bonds. The number of carbonyl (C=O) groups excluding carboxylic acids is 1. The Hall–Kier alpha value is -3.55. The topological polar surface area (TPSA) is 96.6 Å². The van der Waals surface area contributed by atoms with Crippen LogP contribution >= 0.6 is 0 Å². The number of ketones is 1. The third-order valence-electron chi connectivity index (χ3n) is 4.16. The van der Waals surface area contributed by atoms with Crippen molar-refractivity contribution in [3.63, 3.8) is 0 Å². The zero-order valence-electron chi connectivity index (χ0n) is 15.2. The van der Waals surface area contributed by atoms with Gasteiger partial charge in [0.25, 0.3) is 0 Å². The average molecular weight is 371 g/mol. The van der Waals surface area contributed by atoms with E-state index in [-0.39, 0.29) is 28.4 Å². The molecule has 2 aromatic carbocycles. The van der Waals surface area contributed by atoms with Gasteiger partial charge in [0, 0.05) is 10.9 Å². The number of rotatable bonds is 7. The molecule has 27 heavy (non-hydrogen) atoms. The number of fused-ring (bicyclic) bond motifs is 1. The van der Waals surface area contributed by atoms with Gasteiger partial charge in [-0.05, 0) is 29.4 Å². The van der Waals surface area contributed by atoms with Crippen LogP contribution in [0.5, 0.6) is 23.0 Å². The van der Waals surface area contributed by atoms with Crippen molar-refractivity contribution >= 4 is 22.4 Å². The Morgan fingerprint density at radius 1 is 0.926 bits per heavy atom. The highest BCUT2D eigenvalue weighted by atomic mass is 16.5. The molecule has 1 aromatic heterocycles. The van der Waals surface area contributed by atoms with Crippen molar-refractivity contribution in [3.8, 4) is 23.0 Å². The van der Waals surface area contributed by atoms with E-state index in [0.717, 1.165) is 0 Å². The van der Waals surface area contributed by atoms with Gasteiger partial charge in [0.2, 0.25) is 5.75 Å². The number of nitroso groups, excluding NO2 is 1. The molecule has 0 aliphatic rings. The summed E-state index contributed by atoms with van der Waals surface area (Å²) in [5, 5.41) is 3.40. The second kappa shape index (κ2) is 7.36. The maximum Gasteiger partial charge on any atom is 0.203 e. The number of benzene rings is 2. The number of nitrogens with zero attached hydrogens (tertiary/aromatic N) is 1. The molecule has 3 rings (SSSR count). The summed E-state index contributed by atoms with van der Waals surface area (Å²) in [5.41, 5.74) is 0.759. The quantitative estimate of drug-likeness (QED) is 0.456. The molecule has 0 N–H and O–H groups in total. The van der Waals surface area contributed by atoms with E-state index < -0.39 is 0 Å². The molecule has 0 radical (unpaired) electrons. The van der Waals surface area contributed by atoms with Crippen LogP contribution in [0.15, 0.2) is 40.1 Å². The summed E-state index contributed by atoms with van der Waals surface area (Å²) < 4.78 is 26.4. The molecule has 0 saturated carbocycles. The first kappa shape index (κ1) is 18.2. The summed E-state index contributed by atoms with van der Waals surface area (Å²) in [4.78, 5) is 24.2. The number of furan rings is 1. The van der Waals surface area contributed by atoms with Crippen LogP contribution < -0.4 is 18.9 Å². The summed E-state index contributed by atoms with van der Waals surface area (Å²) in [6, 6.07) is 6.29. The number of hydrogen-bond acceptors (Lipinski definition) is 8. The van der Waals surface area contributed by atoms with E-state index in [9.17, 15) is 9.70 Å². The predicted molar refractivity (Wildman–Crippen MR) is 97.8 cm³/mol. The molecule has 0 unspecified atom stereocenters. The van der Waals surface area contributed by atoms with E-state index in [2.05, 4.69) is 5.18 Å². The van der Waals surface area contributed by atoms with E-state index in [1.165, 1.54) is 34.7 Å². The van der Waals surface area contributed by atoms with Gasteiger partial charge in [-0.2, -0.15) is 0 Å². The third-order valence-corrected chi connectivity index (χ3v) is 4.16. The highest BCUT2D eigenvalue weighted by Crippen LogP contribution is 2.41. The first-order valence-corrected chi connectivity index (χ1v) is 7.85. The third kappa shape index (κ3) is 2.95. The molecule has 0 bridgehead atoms. The molecular weight excluding hydrogens is 354 g/mol. The summed E-state index contributed by atoms with van der Waals surface area (Å²) in [6.45, 7) is 0. The zero-order chi connectivity index (χ0) is 19.6. The minimum absolute atomic E-state index is 0.000980. The molecule has 0 atom stereocenters. The van der Waals surface area contributed by atoms with Crippen LogP contribution in [0, 0.1) is 4.91 Å². The van der Waals surface area contributed by atoms with Crippen LogP contribution in [0.4, 0.5) is 5.69 Å². The van der Waals surface area contributed by atoms with Crippen LogP contribution in [-0.2, 0) is 0 Å². The van der Waals surface area contributed by atoms with Gasteiger partial charge < -0.3 is 23.4 Å². The SMILES string of the molecule is COc1cc(C(=O)c2coc3c(N=O)c(OC)ccc23)cc(OC)c1OC. The van der Waals surface area contributed by atoms with Crippen molar-refractivity contribution in [3.05, 3.63) is 46.6 Å². The van der Waals surface area contributed by atoms with Crippen LogP contribution in [0.2, 0.25) is 0 Å². The molecule has 140 valence electrons. The first-order chi connectivity index (χ1) is 13.1. The Balaban J connectivity index is 2.15. The molecular formula is C19H17NO7. The van der Waals surface area contributed by atoms with Crippen molar-refractivity contribution < 1.29 is 28.2 Å². The maximum absolute atomic E-state index is 13.1. The maximum atomic E-state index is 13.1. The molecule has 0 spiro atoms. The molecule has 8 heteroatoms. The number of hydrogen-bond donors (Lipinski definition) is 0. The van der Waals surface area contributed by atoms with Crippen LogP contribution in [0.1, 0.15) is 15.9 Å². The van der Waals surface area contributed by atoms with E-state index >= 15 is 0 Å². The highest BCUT2D eigenvalue weighted by Gasteiger charge is 2.23. The van der Waals surface area contributed by atoms with Gasteiger partial charge in [0.1, 0.15) is 6.26 Å². The lowest BCUT2D eigenvalue weighted by Crippen LogP contribution is -2.03. The normalized spacial score (nSPS) is 10.5. The van der Waals surface area contributed by atoms with Crippen molar-refractivity contribution in [2.45, 2.75) is 0 Å². The lowest BCUT2D eigenvalue weighted by atomic mass is 10.0. The van der Waals surface area contributed by atoms with Gasteiger partial charge in [-0.15, -0.1) is 4.91 Å². The van der Waals surface area contributed by atoms with Crippen molar-refractivity contribution in [1.82, 2.24) is 0 Å². The molecule has 0 aliphatic carbocycles. The van der Waals surface area contributed by atoms with Crippen LogP contribution in [0.25, 0.3) is 11.0 Å². The highest BCUT2D eigenvalue weighted by molar-refractivity contribution is 6.17. The van der Waals surface area contributed by atoms with Gasteiger partial charge in [0.05, 0.1) is 34.0 Å². The summed E-state index contributed by atoms with van der Waals surface area (Å²) >= 11 is 0. The van der Waals surface area contributed by atoms with E-state index in [4.69, 9.17) is 23.4 Å². The van der Waals surface area contributed by atoms with E-state index in [1.54, 1.807) is 24.3 Å². The Labute approximate surface area is 154 Å². The van der Waals surface area contributed by atoms with Gasteiger partial charge in [-0.3, -0.25) is 4.79 Å². The second-order valence-electron chi connectivity index (χ2n) is 5.48. The molecule has 0 saturated heterocycles. The number of methoxy groups -OCH3 is 4. The predicted octanol–water partition coefficient (Wildman–Crippen LogP) is 4.10. The second-order valence-corrected chi connectivity index (χ2v) is 5.48. The van der Waals surface area contributed by atoms with Crippen LogP contribution in [-0.4, -0.2) is 34.2 Å². The summed E-state index contributed by atoms with van der Waals surface area (Å²) in [7, 11) is 5.83. The zero-order valence-corrected chi connectivity index (χ0v) is 15.2. The fraction of sp³-hybridized carbons (Fsp3) is 0.211. The molecule has 0 fully saturated rings. The Bertz CT molecular complexity index is 997. The number of ether oxygens (including phenoxy) is 4. The lowest BCUT2D eigenvalue weighted by molar-refractivity contribution is 0.103. The van der Waals surface area contributed by atoms with Crippen molar-refractivity contribution in [1.29, 1.82) is 0 Å². The van der Waals surface area contributed by atoms with Gasteiger partial charge >= 0.3 is 0 Å². The fourth-order valence-corrected chi connectivity index (χ4v) is 2.86. The standard InChI is InChI=1S/C19H17NO7/c1-23-13-6-5-11-12(9-27-18(11)16(13)20-22)17(21)10-7-14(24-2)19(26-4)15(8-10)25-3/h5-9H,1-4H3. The molecule has 3 aromatic rings. The van der Waals surface area contributed by atoms with Crippen molar-refractivity contribution in [2.75, 3.05) is 28.4 Å². The molecule has 1 heterocycles. The minimum Gasteiger partial charge on any atom is -0.494 e.